The SMILES string of the molecule is CCN(CC)C(=O)CN(C)CC1CCCNC1.Cl. The van der Waals surface area contributed by atoms with Crippen LogP contribution in [0.2, 0.25) is 0 Å². The number of amides is 1. The highest BCUT2D eigenvalue weighted by atomic mass is 35.5. The van der Waals surface area contributed by atoms with Crippen molar-refractivity contribution in [1.82, 2.24) is 15.1 Å². The first-order valence-corrected chi connectivity index (χ1v) is 6.84. The third kappa shape index (κ3) is 6.03. The van der Waals surface area contributed by atoms with Gasteiger partial charge in [-0.3, -0.25) is 9.69 Å². The number of nitrogens with zero attached hydrogens (tertiary/aromatic N) is 2. The maximum Gasteiger partial charge on any atom is 0.236 e. The summed E-state index contributed by atoms with van der Waals surface area (Å²) >= 11 is 0. The molecule has 0 radical (unpaired) electrons. The number of halogens is 1. The van der Waals surface area contributed by atoms with Crippen LogP contribution in [0.25, 0.3) is 0 Å². The largest absolute Gasteiger partial charge is 0.342 e. The molecule has 1 unspecified atom stereocenters. The second kappa shape index (κ2) is 9.59. The van der Waals surface area contributed by atoms with Crippen molar-refractivity contribution in [3.8, 4) is 0 Å². The van der Waals surface area contributed by atoms with Gasteiger partial charge in [-0.15, -0.1) is 12.4 Å². The van der Waals surface area contributed by atoms with Crippen molar-refractivity contribution in [3.63, 3.8) is 0 Å². The summed E-state index contributed by atoms with van der Waals surface area (Å²) in [6.45, 7) is 9.53. The van der Waals surface area contributed by atoms with Crippen LogP contribution in [-0.4, -0.2) is 62.0 Å². The predicted octanol–water partition coefficient (Wildman–Crippen LogP) is 1.21. The highest BCUT2D eigenvalue weighted by Crippen LogP contribution is 2.10. The van der Waals surface area contributed by atoms with E-state index in [9.17, 15) is 4.79 Å². The van der Waals surface area contributed by atoms with Crippen molar-refractivity contribution >= 4 is 18.3 Å². The molecule has 1 heterocycles. The molecule has 18 heavy (non-hydrogen) atoms. The Labute approximate surface area is 117 Å². The Morgan fingerprint density at radius 2 is 2.00 bits per heavy atom. The lowest BCUT2D eigenvalue weighted by Crippen LogP contribution is -2.42. The molecule has 0 aromatic heterocycles. The summed E-state index contributed by atoms with van der Waals surface area (Å²) in [6.07, 6.45) is 2.55. The van der Waals surface area contributed by atoms with Gasteiger partial charge in [0.25, 0.3) is 0 Å². The van der Waals surface area contributed by atoms with Crippen LogP contribution in [0.1, 0.15) is 26.7 Å². The Kier molecular flexibility index (Phi) is 9.42. The van der Waals surface area contributed by atoms with Crippen molar-refractivity contribution < 1.29 is 4.79 Å². The molecule has 108 valence electrons. The van der Waals surface area contributed by atoms with E-state index < -0.39 is 0 Å². The van der Waals surface area contributed by atoms with Gasteiger partial charge in [0.2, 0.25) is 5.91 Å². The summed E-state index contributed by atoms with van der Waals surface area (Å²) < 4.78 is 0. The van der Waals surface area contributed by atoms with Crippen LogP contribution in [0.15, 0.2) is 0 Å². The first-order valence-electron chi connectivity index (χ1n) is 6.84. The maximum absolute atomic E-state index is 11.9. The molecular formula is C13H28ClN3O. The minimum atomic E-state index is 0. The molecule has 1 fully saturated rings. The summed E-state index contributed by atoms with van der Waals surface area (Å²) in [5.74, 6) is 0.958. The van der Waals surface area contributed by atoms with E-state index in [1.807, 2.05) is 18.7 Å². The Morgan fingerprint density at radius 1 is 1.33 bits per heavy atom. The van der Waals surface area contributed by atoms with E-state index in [-0.39, 0.29) is 18.3 Å². The fourth-order valence-electron chi connectivity index (χ4n) is 2.49. The number of piperidine rings is 1. The number of likely N-dealkylation sites (N-methyl/N-ethyl adjacent to an activating group) is 2. The van der Waals surface area contributed by atoms with Gasteiger partial charge in [-0.25, -0.2) is 0 Å². The molecule has 1 N–H and O–H groups in total. The lowest BCUT2D eigenvalue weighted by atomic mass is 9.99. The summed E-state index contributed by atoms with van der Waals surface area (Å²) in [7, 11) is 2.05. The molecule has 1 saturated heterocycles. The van der Waals surface area contributed by atoms with E-state index in [0.717, 1.165) is 32.7 Å². The van der Waals surface area contributed by atoms with Crippen molar-refractivity contribution in [2.45, 2.75) is 26.7 Å². The Bertz CT molecular complexity index is 228. The zero-order chi connectivity index (χ0) is 12.7. The number of carbonyl (C=O) groups is 1. The number of hydrogen-bond acceptors (Lipinski definition) is 3. The lowest BCUT2D eigenvalue weighted by Gasteiger charge is -2.28. The topological polar surface area (TPSA) is 35.6 Å². The van der Waals surface area contributed by atoms with Gasteiger partial charge in [0.05, 0.1) is 6.54 Å². The zero-order valence-electron chi connectivity index (χ0n) is 11.9. The van der Waals surface area contributed by atoms with Gasteiger partial charge < -0.3 is 10.2 Å². The van der Waals surface area contributed by atoms with E-state index >= 15 is 0 Å². The number of carbonyl (C=O) groups excluding carboxylic acids is 1. The number of rotatable bonds is 6. The lowest BCUT2D eigenvalue weighted by molar-refractivity contribution is -0.131. The van der Waals surface area contributed by atoms with Crippen LogP contribution in [0, 0.1) is 5.92 Å². The minimum absolute atomic E-state index is 0. The summed E-state index contributed by atoms with van der Waals surface area (Å²) in [5, 5.41) is 3.42. The molecule has 0 aromatic rings. The summed E-state index contributed by atoms with van der Waals surface area (Å²) in [6, 6.07) is 0. The molecule has 5 heteroatoms. The molecule has 4 nitrogen and oxygen atoms in total. The average Bonchev–Trinajstić information content (AvgIpc) is 2.31. The van der Waals surface area contributed by atoms with Gasteiger partial charge >= 0.3 is 0 Å². The van der Waals surface area contributed by atoms with Gasteiger partial charge in [-0.1, -0.05) is 0 Å². The quantitative estimate of drug-likeness (QED) is 0.793. The fraction of sp³-hybridized carbons (Fsp3) is 0.923. The second-order valence-corrected chi connectivity index (χ2v) is 4.98. The highest BCUT2D eigenvalue weighted by Gasteiger charge is 2.17. The van der Waals surface area contributed by atoms with Crippen molar-refractivity contribution in [2.75, 3.05) is 46.3 Å². The summed E-state index contributed by atoms with van der Waals surface area (Å²) in [4.78, 5) is 16.0. The third-order valence-electron chi connectivity index (χ3n) is 3.49. The number of hydrogen-bond donors (Lipinski definition) is 1. The van der Waals surface area contributed by atoms with E-state index in [2.05, 4.69) is 17.3 Å². The molecule has 1 aliphatic heterocycles. The highest BCUT2D eigenvalue weighted by molar-refractivity contribution is 5.85. The van der Waals surface area contributed by atoms with E-state index in [4.69, 9.17) is 0 Å². The van der Waals surface area contributed by atoms with Crippen LogP contribution in [0.5, 0.6) is 0 Å². The van der Waals surface area contributed by atoms with Crippen LogP contribution in [0.4, 0.5) is 0 Å². The molecule has 0 bridgehead atoms. The molecule has 1 atom stereocenters. The standard InChI is InChI=1S/C13H27N3O.ClH/c1-4-16(5-2)13(17)11-15(3)10-12-7-6-8-14-9-12;/h12,14H,4-11H2,1-3H3;1H. The second-order valence-electron chi connectivity index (χ2n) is 4.98. The zero-order valence-corrected chi connectivity index (χ0v) is 12.8. The van der Waals surface area contributed by atoms with Crippen molar-refractivity contribution in [3.05, 3.63) is 0 Å². The predicted molar refractivity (Wildman–Crippen MR) is 78.3 cm³/mol. The van der Waals surface area contributed by atoms with Crippen LogP contribution in [-0.2, 0) is 4.79 Å². The molecule has 0 spiro atoms. The molecular weight excluding hydrogens is 250 g/mol. The van der Waals surface area contributed by atoms with Crippen molar-refractivity contribution in [2.24, 2.45) is 5.92 Å². The average molecular weight is 278 g/mol. The smallest absolute Gasteiger partial charge is 0.236 e. The summed E-state index contributed by atoms with van der Waals surface area (Å²) in [5.41, 5.74) is 0. The van der Waals surface area contributed by atoms with Crippen molar-refractivity contribution in [1.29, 1.82) is 0 Å². The third-order valence-corrected chi connectivity index (χ3v) is 3.49. The fourth-order valence-corrected chi connectivity index (χ4v) is 2.49. The molecule has 0 saturated carbocycles. The maximum atomic E-state index is 11.9. The Hall–Kier alpha value is -0.320. The van der Waals surface area contributed by atoms with E-state index in [1.165, 1.54) is 12.8 Å². The van der Waals surface area contributed by atoms with Gasteiger partial charge in [-0.2, -0.15) is 0 Å². The van der Waals surface area contributed by atoms with E-state index in [0.29, 0.717) is 12.5 Å². The number of nitrogens with one attached hydrogen (secondary N) is 1. The van der Waals surface area contributed by atoms with Gasteiger partial charge in [0.15, 0.2) is 0 Å². The van der Waals surface area contributed by atoms with E-state index in [1.54, 1.807) is 0 Å². The Balaban J connectivity index is 0.00000289. The molecule has 1 rings (SSSR count). The van der Waals surface area contributed by atoms with Gasteiger partial charge in [0, 0.05) is 19.6 Å². The minimum Gasteiger partial charge on any atom is -0.342 e. The first kappa shape index (κ1) is 17.7. The first-order chi connectivity index (χ1) is 8.17. The van der Waals surface area contributed by atoms with Crippen LogP contribution >= 0.6 is 12.4 Å². The monoisotopic (exact) mass is 277 g/mol. The van der Waals surface area contributed by atoms with Crippen LogP contribution in [0.3, 0.4) is 0 Å². The molecule has 0 aliphatic carbocycles. The van der Waals surface area contributed by atoms with Gasteiger partial charge in [-0.05, 0) is 52.7 Å². The normalized spacial score (nSPS) is 19.4. The molecule has 1 aliphatic rings. The molecule has 1 amide bonds. The van der Waals surface area contributed by atoms with Crippen LogP contribution < -0.4 is 5.32 Å². The molecule has 0 aromatic carbocycles. The van der Waals surface area contributed by atoms with Gasteiger partial charge in [0.1, 0.15) is 0 Å². The Morgan fingerprint density at radius 3 is 2.50 bits per heavy atom.